The van der Waals surface area contributed by atoms with Crippen LogP contribution in [0.5, 0.6) is 0 Å². The Bertz CT molecular complexity index is 803. The zero-order valence-electron chi connectivity index (χ0n) is 17.3. The molecule has 0 saturated carbocycles. The Morgan fingerprint density at radius 3 is 2.68 bits per heavy atom. The SMILES string of the molecule is C=C([NH2+]COC)C(F)=C(C=CC)C(N)=C(C=N)c1ccnc(NC(C)(C)C)c1. The minimum atomic E-state index is -0.561. The number of halogens is 1. The van der Waals surface area contributed by atoms with Crippen LogP contribution in [0, 0.1) is 5.41 Å². The summed E-state index contributed by atoms with van der Waals surface area (Å²) in [5, 5.41) is 12.7. The van der Waals surface area contributed by atoms with Crippen molar-refractivity contribution in [1.29, 1.82) is 5.41 Å². The van der Waals surface area contributed by atoms with Crippen LogP contribution in [0.3, 0.4) is 0 Å². The van der Waals surface area contributed by atoms with Crippen molar-refractivity contribution < 1.29 is 14.4 Å². The summed E-state index contributed by atoms with van der Waals surface area (Å²) in [5.41, 5.74) is 7.65. The summed E-state index contributed by atoms with van der Waals surface area (Å²) in [4.78, 5) is 4.30. The van der Waals surface area contributed by atoms with E-state index in [1.807, 2.05) is 20.8 Å². The van der Waals surface area contributed by atoms with Gasteiger partial charge in [-0.3, -0.25) is 5.32 Å². The van der Waals surface area contributed by atoms with E-state index in [1.54, 1.807) is 37.4 Å². The van der Waals surface area contributed by atoms with Crippen LogP contribution in [0.25, 0.3) is 5.57 Å². The lowest BCUT2D eigenvalue weighted by molar-refractivity contribution is -0.638. The Labute approximate surface area is 166 Å². The molecule has 28 heavy (non-hydrogen) atoms. The van der Waals surface area contributed by atoms with Gasteiger partial charge in [0, 0.05) is 36.2 Å². The highest BCUT2D eigenvalue weighted by atomic mass is 19.1. The third kappa shape index (κ3) is 6.75. The van der Waals surface area contributed by atoms with E-state index in [-0.39, 0.29) is 29.2 Å². The molecule has 0 fully saturated rings. The second-order valence-corrected chi connectivity index (χ2v) is 7.19. The first-order valence-electron chi connectivity index (χ1n) is 8.93. The number of allylic oxidation sites excluding steroid dienone is 4. The Kier molecular flexibility index (Phi) is 8.76. The van der Waals surface area contributed by atoms with Gasteiger partial charge in [0.15, 0.2) is 18.3 Å². The molecule has 0 aliphatic rings. The largest absolute Gasteiger partial charge is 0.398 e. The third-order valence-corrected chi connectivity index (χ3v) is 3.65. The molecule has 0 aliphatic carbocycles. The molecule has 0 aliphatic heterocycles. The number of rotatable bonds is 9. The summed E-state index contributed by atoms with van der Waals surface area (Å²) < 4.78 is 19.9. The van der Waals surface area contributed by atoms with Gasteiger partial charge in [0.05, 0.1) is 5.70 Å². The molecule has 152 valence electrons. The van der Waals surface area contributed by atoms with Crippen molar-refractivity contribution in [3.63, 3.8) is 0 Å². The lowest BCUT2D eigenvalue weighted by atomic mass is 9.99. The molecule has 0 saturated heterocycles. The molecule has 6 nitrogen and oxygen atoms in total. The average molecular weight is 389 g/mol. The van der Waals surface area contributed by atoms with E-state index in [2.05, 4.69) is 16.9 Å². The number of nitrogens with one attached hydrogen (secondary N) is 2. The second kappa shape index (κ2) is 10.5. The van der Waals surface area contributed by atoms with E-state index < -0.39 is 5.83 Å². The number of nitrogens with two attached hydrogens (primary N) is 2. The third-order valence-electron chi connectivity index (χ3n) is 3.65. The Hall–Kier alpha value is -2.77. The van der Waals surface area contributed by atoms with Gasteiger partial charge in [-0.25, -0.2) is 4.98 Å². The minimum absolute atomic E-state index is 0.144. The van der Waals surface area contributed by atoms with Gasteiger partial charge in [-0.15, -0.1) is 0 Å². The fraction of sp³-hybridized carbons (Fsp3) is 0.333. The van der Waals surface area contributed by atoms with Gasteiger partial charge >= 0.3 is 0 Å². The zero-order valence-corrected chi connectivity index (χ0v) is 17.3. The van der Waals surface area contributed by atoms with Gasteiger partial charge in [-0.1, -0.05) is 12.2 Å². The van der Waals surface area contributed by atoms with Gasteiger partial charge in [0.1, 0.15) is 5.82 Å². The van der Waals surface area contributed by atoms with Crippen molar-refractivity contribution in [1.82, 2.24) is 4.98 Å². The summed E-state index contributed by atoms with van der Waals surface area (Å²) in [6, 6.07) is 3.52. The first-order valence-corrected chi connectivity index (χ1v) is 8.93. The number of methoxy groups -OCH3 is 1. The van der Waals surface area contributed by atoms with Crippen molar-refractivity contribution in [2.24, 2.45) is 5.73 Å². The number of quaternary nitrogens is 1. The van der Waals surface area contributed by atoms with Crippen molar-refractivity contribution in [3.8, 4) is 0 Å². The molecule has 7 heteroatoms. The number of hydrogen-bond donors (Lipinski definition) is 4. The normalized spacial score (nSPS) is 13.8. The summed E-state index contributed by atoms with van der Waals surface area (Å²) in [6.07, 6.45) is 5.99. The maximum atomic E-state index is 15.0. The molecular weight excluding hydrogens is 357 g/mol. The van der Waals surface area contributed by atoms with Crippen molar-refractivity contribution in [2.75, 3.05) is 19.2 Å². The molecule has 1 rings (SSSR count). The van der Waals surface area contributed by atoms with Crippen molar-refractivity contribution in [3.05, 3.63) is 65.4 Å². The predicted octanol–water partition coefficient (Wildman–Crippen LogP) is 3.09. The highest BCUT2D eigenvalue weighted by molar-refractivity contribution is 6.10. The lowest BCUT2D eigenvalue weighted by Crippen LogP contribution is -2.82. The number of hydrogen-bond acceptors (Lipinski definition) is 5. The number of pyridine rings is 1. The van der Waals surface area contributed by atoms with Crippen LogP contribution in [-0.2, 0) is 4.74 Å². The van der Waals surface area contributed by atoms with Crippen LogP contribution in [-0.4, -0.2) is 30.6 Å². The van der Waals surface area contributed by atoms with Gasteiger partial charge < -0.3 is 21.2 Å². The summed E-state index contributed by atoms with van der Waals surface area (Å²) in [6.45, 7) is 11.8. The molecule has 0 atom stereocenters. The van der Waals surface area contributed by atoms with Crippen molar-refractivity contribution >= 4 is 17.6 Å². The molecule has 1 heterocycles. The lowest BCUT2D eigenvalue weighted by Gasteiger charge is -2.21. The molecule has 0 aromatic carbocycles. The Morgan fingerprint density at radius 1 is 1.46 bits per heavy atom. The molecule has 0 amide bonds. The fourth-order valence-corrected chi connectivity index (χ4v) is 2.41. The first-order chi connectivity index (χ1) is 13.1. The molecule has 0 bridgehead atoms. The maximum Gasteiger partial charge on any atom is 0.192 e. The van der Waals surface area contributed by atoms with Crippen LogP contribution in [0.1, 0.15) is 33.3 Å². The molecule has 0 radical (unpaired) electrons. The van der Waals surface area contributed by atoms with Gasteiger partial charge in [0.25, 0.3) is 0 Å². The highest BCUT2D eigenvalue weighted by Crippen LogP contribution is 2.25. The van der Waals surface area contributed by atoms with Crippen molar-refractivity contribution in [2.45, 2.75) is 33.2 Å². The summed E-state index contributed by atoms with van der Waals surface area (Å²) >= 11 is 0. The van der Waals surface area contributed by atoms with Crippen LogP contribution in [0.15, 0.2) is 59.9 Å². The van der Waals surface area contributed by atoms with Gasteiger partial charge in [-0.2, -0.15) is 4.39 Å². The van der Waals surface area contributed by atoms with E-state index in [0.717, 1.165) is 6.21 Å². The van der Waals surface area contributed by atoms with Crippen LogP contribution in [0.2, 0.25) is 0 Å². The average Bonchev–Trinajstić information content (AvgIpc) is 2.63. The second-order valence-electron chi connectivity index (χ2n) is 7.19. The summed E-state index contributed by atoms with van der Waals surface area (Å²) in [5.74, 6) is 0.0844. The van der Waals surface area contributed by atoms with E-state index in [4.69, 9.17) is 15.9 Å². The monoisotopic (exact) mass is 388 g/mol. The van der Waals surface area contributed by atoms with Crippen LogP contribution in [0.4, 0.5) is 10.2 Å². The maximum absolute atomic E-state index is 15.0. The Balaban J connectivity index is 3.47. The minimum Gasteiger partial charge on any atom is -0.398 e. The van der Waals surface area contributed by atoms with Crippen LogP contribution < -0.4 is 16.4 Å². The number of aromatic nitrogens is 1. The number of anilines is 1. The molecule has 0 spiro atoms. The van der Waals surface area contributed by atoms with Crippen LogP contribution >= 0.6 is 0 Å². The standard InChI is InChI=1S/C21H30FN5O/c1-7-8-16(19(22)14(2)26-13-28-6)20(24)17(12-23)15-9-10-25-18(11-15)27-21(3,4)5/h7-12,23,26H,2,13,24H2,1,3-6H3,(H,25,27)/p+1. The first kappa shape index (κ1) is 23.3. The smallest absolute Gasteiger partial charge is 0.192 e. The van der Waals surface area contributed by atoms with E-state index >= 15 is 0 Å². The topological polar surface area (TPSA) is 101 Å². The van der Waals surface area contributed by atoms with E-state index in [0.29, 0.717) is 17.0 Å². The predicted molar refractivity (Wildman–Crippen MR) is 113 cm³/mol. The van der Waals surface area contributed by atoms with Gasteiger partial charge in [0.2, 0.25) is 0 Å². The van der Waals surface area contributed by atoms with E-state index in [9.17, 15) is 4.39 Å². The van der Waals surface area contributed by atoms with E-state index in [1.165, 1.54) is 12.4 Å². The quantitative estimate of drug-likeness (QED) is 0.297. The highest BCUT2D eigenvalue weighted by Gasteiger charge is 2.17. The zero-order chi connectivity index (χ0) is 21.3. The number of nitrogens with zero attached hydrogens (tertiary/aromatic N) is 1. The number of ether oxygens (including phenoxy) is 1. The molecule has 1 aromatic rings. The summed E-state index contributed by atoms with van der Waals surface area (Å²) in [7, 11) is 1.52. The molecular formula is C21H31FN5O+. The van der Waals surface area contributed by atoms with Gasteiger partial charge in [-0.05, 0) is 52.0 Å². The molecule has 0 unspecified atom stereocenters. The molecule has 1 aromatic heterocycles. The fourth-order valence-electron chi connectivity index (χ4n) is 2.41. The molecule has 6 N–H and O–H groups in total. The Morgan fingerprint density at radius 2 is 2.14 bits per heavy atom.